The Balaban J connectivity index is 1.23. The lowest BCUT2D eigenvalue weighted by Crippen LogP contribution is -2.18. The van der Waals surface area contributed by atoms with Crippen LogP contribution in [0.5, 0.6) is 40.2 Å². The van der Waals surface area contributed by atoms with Gasteiger partial charge in [0.15, 0.2) is 34.5 Å². The summed E-state index contributed by atoms with van der Waals surface area (Å²) < 4.78 is 37.9. The van der Waals surface area contributed by atoms with E-state index in [1.807, 2.05) is 0 Å². The van der Waals surface area contributed by atoms with Gasteiger partial charge in [-0.2, -0.15) is 5.10 Å². The van der Waals surface area contributed by atoms with E-state index in [2.05, 4.69) is 15.8 Å². The van der Waals surface area contributed by atoms with Gasteiger partial charge < -0.3 is 38.5 Å². The number of esters is 1. The Morgan fingerprint density at radius 1 is 0.766 bits per heavy atom. The first kappa shape index (κ1) is 32.2. The zero-order valence-corrected chi connectivity index (χ0v) is 25.9. The van der Waals surface area contributed by atoms with Gasteiger partial charge >= 0.3 is 5.97 Å². The Morgan fingerprint density at radius 2 is 1.51 bits per heavy atom. The Kier molecular flexibility index (Phi) is 10.1. The van der Waals surface area contributed by atoms with Crippen molar-refractivity contribution in [3.63, 3.8) is 0 Å². The zero-order valence-electron chi connectivity index (χ0n) is 25.9. The average Bonchev–Trinajstić information content (AvgIpc) is 3.57. The maximum absolute atomic E-state index is 13.0. The summed E-state index contributed by atoms with van der Waals surface area (Å²) in [6, 6.07) is 19.1. The minimum Gasteiger partial charge on any atom is -0.493 e. The van der Waals surface area contributed by atoms with Crippen molar-refractivity contribution in [1.82, 2.24) is 5.43 Å². The van der Waals surface area contributed by atoms with Gasteiger partial charge in [-0.05, 0) is 79.2 Å². The lowest BCUT2D eigenvalue weighted by atomic mass is 10.1. The third-order valence-electron chi connectivity index (χ3n) is 6.77. The number of fused-ring (bicyclic) bond motifs is 1. The van der Waals surface area contributed by atoms with Crippen LogP contribution in [0, 0.1) is 0 Å². The molecule has 2 amide bonds. The molecule has 0 spiro atoms. The van der Waals surface area contributed by atoms with Crippen molar-refractivity contribution in [2.24, 2.45) is 5.10 Å². The van der Waals surface area contributed by atoms with Crippen molar-refractivity contribution in [1.29, 1.82) is 0 Å². The highest BCUT2D eigenvalue weighted by Crippen LogP contribution is 2.39. The molecule has 0 unspecified atom stereocenters. The van der Waals surface area contributed by atoms with Crippen LogP contribution < -0.4 is 43.9 Å². The van der Waals surface area contributed by atoms with Gasteiger partial charge in [-0.3, -0.25) is 9.59 Å². The fourth-order valence-corrected chi connectivity index (χ4v) is 4.52. The van der Waals surface area contributed by atoms with E-state index >= 15 is 0 Å². The third-order valence-corrected chi connectivity index (χ3v) is 6.77. The maximum atomic E-state index is 13.0. The number of carbonyl (C=O) groups excluding carboxylic acids is 3. The molecule has 2 N–H and O–H groups in total. The van der Waals surface area contributed by atoms with Crippen molar-refractivity contribution < 1.29 is 47.5 Å². The molecule has 1 aliphatic rings. The first-order chi connectivity index (χ1) is 22.8. The Labute approximate surface area is 269 Å². The first-order valence-corrected chi connectivity index (χ1v) is 14.3. The molecule has 0 fully saturated rings. The van der Waals surface area contributed by atoms with Crippen LogP contribution >= 0.6 is 0 Å². The maximum Gasteiger partial charge on any atom is 0.343 e. The second-order valence-corrected chi connectivity index (χ2v) is 9.74. The molecular formula is C34H31N3O10. The van der Waals surface area contributed by atoms with Gasteiger partial charge in [0.25, 0.3) is 11.8 Å². The summed E-state index contributed by atoms with van der Waals surface area (Å²) >= 11 is 0. The summed E-state index contributed by atoms with van der Waals surface area (Å²) in [6.45, 7) is 2.19. The molecule has 0 aromatic heterocycles. The second-order valence-electron chi connectivity index (χ2n) is 9.74. The van der Waals surface area contributed by atoms with Gasteiger partial charge in [-0.25, -0.2) is 10.2 Å². The third kappa shape index (κ3) is 7.53. The number of hydrogen-bond donors (Lipinski definition) is 2. The van der Waals surface area contributed by atoms with Crippen molar-refractivity contribution in [3.05, 3.63) is 95.1 Å². The predicted molar refractivity (Wildman–Crippen MR) is 171 cm³/mol. The Hall–Kier alpha value is -6.24. The van der Waals surface area contributed by atoms with Crippen molar-refractivity contribution in [2.45, 2.75) is 6.92 Å². The van der Waals surface area contributed by atoms with E-state index in [9.17, 15) is 14.4 Å². The number of hydrazone groups is 1. The van der Waals surface area contributed by atoms with E-state index in [4.69, 9.17) is 33.2 Å². The molecule has 0 saturated carbocycles. The number of rotatable bonds is 12. The summed E-state index contributed by atoms with van der Waals surface area (Å²) in [7, 11) is 4.36. The molecule has 0 atom stereocenters. The molecule has 242 valence electrons. The monoisotopic (exact) mass is 641 g/mol. The minimum atomic E-state index is -0.673. The first-order valence-electron chi connectivity index (χ1n) is 14.3. The number of amides is 2. The van der Waals surface area contributed by atoms with Crippen molar-refractivity contribution >= 4 is 29.7 Å². The molecule has 4 aromatic carbocycles. The molecule has 0 aliphatic carbocycles. The summed E-state index contributed by atoms with van der Waals surface area (Å²) in [5, 5.41) is 6.81. The molecule has 4 aromatic rings. The van der Waals surface area contributed by atoms with Crippen LogP contribution in [0.15, 0.2) is 77.9 Å². The number of anilines is 1. The highest BCUT2D eigenvalue weighted by molar-refractivity contribution is 6.05. The highest BCUT2D eigenvalue weighted by Gasteiger charge is 2.20. The molecule has 0 bridgehead atoms. The van der Waals surface area contributed by atoms with E-state index in [1.54, 1.807) is 61.5 Å². The predicted octanol–water partition coefficient (Wildman–Crippen LogP) is 5.08. The van der Waals surface area contributed by atoms with E-state index in [1.165, 1.54) is 45.7 Å². The number of benzene rings is 4. The topological polar surface area (TPSA) is 152 Å². The van der Waals surface area contributed by atoms with Crippen molar-refractivity contribution in [2.75, 3.05) is 40.0 Å². The highest BCUT2D eigenvalue weighted by atomic mass is 16.7. The van der Waals surface area contributed by atoms with Gasteiger partial charge in [-0.1, -0.05) is 6.07 Å². The second kappa shape index (κ2) is 14.7. The summed E-state index contributed by atoms with van der Waals surface area (Å²) in [5.41, 5.74) is 4.27. The van der Waals surface area contributed by atoms with Crippen LogP contribution in [0.3, 0.4) is 0 Å². The summed E-state index contributed by atoms with van der Waals surface area (Å²) in [5.74, 6) is 0.918. The van der Waals surface area contributed by atoms with E-state index in [0.717, 1.165) is 0 Å². The Morgan fingerprint density at radius 3 is 2.23 bits per heavy atom. The molecule has 5 rings (SSSR count). The SMILES string of the molecule is CCOc1cc(C=NNC(=O)c2cccc(NC(=O)c3ccc4c(c3)OCO4)c2)ccc1OC(=O)c1cc(OC)c(OC)c(OC)c1. The fourth-order valence-electron chi connectivity index (χ4n) is 4.52. The van der Waals surface area contributed by atoms with Crippen LogP contribution in [0.2, 0.25) is 0 Å². The molecule has 1 heterocycles. The van der Waals surface area contributed by atoms with E-state index in [0.29, 0.717) is 52.2 Å². The Bertz CT molecular complexity index is 1810. The molecule has 1 aliphatic heterocycles. The van der Waals surface area contributed by atoms with E-state index < -0.39 is 11.9 Å². The number of methoxy groups -OCH3 is 3. The molecular weight excluding hydrogens is 610 g/mol. The largest absolute Gasteiger partial charge is 0.493 e. The average molecular weight is 642 g/mol. The van der Waals surface area contributed by atoms with Crippen LogP contribution in [-0.2, 0) is 0 Å². The van der Waals surface area contributed by atoms with Gasteiger partial charge in [-0.15, -0.1) is 0 Å². The number of hydrogen-bond acceptors (Lipinski definition) is 11. The number of ether oxygens (including phenoxy) is 7. The standard InChI is InChI=1S/C34H31N3O10/c1-5-44-27-13-20(9-11-26(27)47-34(40)23-16-29(41-2)31(43-4)30(17-23)42-3)18-35-37-33(39)21-7-6-8-24(14-21)36-32(38)22-10-12-25-28(15-22)46-19-45-25/h6-18H,5,19H2,1-4H3,(H,36,38)(H,37,39). The van der Waals surface area contributed by atoms with Gasteiger partial charge in [0, 0.05) is 16.8 Å². The molecule has 13 nitrogen and oxygen atoms in total. The zero-order chi connectivity index (χ0) is 33.3. The van der Waals surface area contributed by atoms with Gasteiger partial charge in [0.1, 0.15) is 0 Å². The quantitative estimate of drug-likeness (QED) is 0.0928. The molecule has 0 saturated heterocycles. The normalized spacial score (nSPS) is 11.5. The molecule has 47 heavy (non-hydrogen) atoms. The fraction of sp³-hybridized carbons (Fsp3) is 0.176. The lowest BCUT2D eigenvalue weighted by molar-refractivity contribution is 0.0727. The van der Waals surface area contributed by atoms with Gasteiger partial charge in [0.2, 0.25) is 12.5 Å². The van der Waals surface area contributed by atoms with Gasteiger partial charge in [0.05, 0.1) is 39.7 Å². The molecule has 13 heteroatoms. The molecule has 0 radical (unpaired) electrons. The van der Waals surface area contributed by atoms with Crippen LogP contribution in [0.4, 0.5) is 5.69 Å². The van der Waals surface area contributed by atoms with Crippen LogP contribution in [0.25, 0.3) is 0 Å². The summed E-state index contributed by atoms with van der Waals surface area (Å²) in [6.07, 6.45) is 1.41. The lowest BCUT2D eigenvalue weighted by Gasteiger charge is -2.15. The number of nitrogens with one attached hydrogen (secondary N) is 2. The minimum absolute atomic E-state index is 0.104. The number of carbonyl (C=O) groups is 3. The number of nitrogens with zero attached hydrogens (tertiary/aromatic N) is 1. The van der Waals surface area contributed by atoms with Crippen LogP contribution in [-0.4, -0.2) is 58.7 Å². The summed E-state index contributed by atoms with van der Waals surface area (Å²) in [4.78, 5) is 38.6. The smallest absolute Gasteiger partial charge is 0.343 e. The van der Waals surface area contributed by atoms with E-state index in [-0.39, 0.29) is 35.3 Å². The van der Waals surface area contributed by atoms with Crippen molar-refractivity contribution in [3.8, 4) is 40.2 Å². The van der Waals surface area contributed by atoms with Crippen LogP contribution in [0.1, 0.15) is 43.6 Å².